The second-order valence-electron chi connectivity index (χ2n) is 10.9. The zero-order valence-electron chi connectivity index (χ0n) is 25.2. The number of fused-ring (bicyclic) bond motifs is 1. The average Bonchev–Trinajstić information content (AvgIpc) is 3.52. The highest BCUT2D eigenvalue weighted by Crippen LogP contribution is 2.27. The molecule has 0 radical (unpaired) electrons. The van der Waals surface area contributed by atoms with Gasteiger partial charge in [0.1, 0.15) is 17.5 Å². The number of ether oxygens (including phenoxy) is 2. The highest BCUT2D eigenvalue weighted by Gasteiger charge is 2.33. The van der Waals surface area contributed by atoms with Gasteiger partial charge in [-0.25, -0.2) is 9.78 Å². The number of carbonyl (C=O) groups excluding carboxylic acids is 4. The van der Waals surface area contributed by atoms with Crippen molar-refractivity contribution in [3.63, 3.8) is 0 Å². The first-order chi connectivity index (χ1) is 21.5. The van der Waals surface area contributed by atoms with Crippen LogP contribution in [-0.2, 0) is 23.9 Å². The lowest BCUT2D eigenvalue weighted by Gasteiger charge is -2.35. The first kappa shape index (κ1) is 33.0. The van der Waals surface area contributed by atoms with E-state index in [1.807, 2.05) is 13.0 Å². The van der Waals surface area contributed by atoms with Crippen LogP contribution in [0.25, 0.3) is 10.9 Å². The van der Waals surface area contributed by atoms with Crippen molar-refractivity contribution in [2.45, 2.75) is 39.2 Å². The number of pyridine rings is 1. The van der Waals surface area contributed by atoms with Crippen LogP contribution in [0.3, 0.4) is 0 Å². The second kappa shape index (κ2) is 14.7. The molecular formula is C30H37N5O10. The fourth-order valence-electron chi connectivity index (χ4n) is 5.26. The fraction of sp³-hybridized carbons (Fsp3) is 0.500. The highest BCUT2D eigenvalue weighted by molar-refractivity contribution is 5.99. The monoisotopic (exact) mass is 627 g/mol. The molecule has 0 spiro atoms. The lowest BCUT2D eigenvalue weighted by atomic mass is 10.1. The van der Waals surface area contributed by atoms with Gasteiger partial charge in [0.05, 0.1) is 18.0 Å². The summed E-state index contributed by atoms with van der Waals surface area (Å²) in [7, 11) is 0. The number of hydrogen-bond acceptors (Lipinski definition) is 9. The van der Waals surface area contributed by atoms with Crippen LogP contribution in [0.4, 0.5) is 4.79 Å². The van der Waals surface area contributed by atoms with Crippen LogP contribution in [0, 0.1) is 12.8 Å². The van der Waals surface area contributed by atoms with Crippen molar-refractivity contribution in [1.29, 1.82) is 0 Å². The van der Waals surface area contributed by atoms with Crippen LogP contribution in [0.1, 0.15) is 42.2 Å². The molecule has 2 fully saturated rings. The molecule has 3 heterocycles. The number of carboxylic acid groups (broad SMARTS) is 2. The molecule has 2 aliphatic heterocycles. The van der Waals surface area contributed by atoms with Gasteiger partial charge in [0.2, 0.25) is 5.91 Å². The summed E-state index contributed by atoms with van der Waals surface area (Å²) in [4.78, 5) is 83.2. The molecule has 0 aliphatic carbocycles. The Morgan fingerprint density at radius 1 is 1.00 bits per heavy atom. The second-order valence-corrected chi connectivity index (χ2v) is 10.9. The van der Waals surface area contributed by atoms with Crippen LogP contribution < -0.4 is 10.1 Å². The number of aryl methyl sites for hydroxylation is 1. The predicted molar refractivity (Wildman–Crippen MR) is 158 cm³/mol. The number of amides is 4. The van der Waals surface area contributed by atoms with Gasteiger partial charge in [0.15, 0.2) is 6.61 Å². The first-order valence-corrected chi connectivity index (χ1v) is 14.7. The van der Waals surface area contributed by atoms with Gasteiger partial charge in [-0.1, -0.05) is 6.07 Å². The Hall–Kier alpha value is -4.95. The molecule has 1 aromatic heterocycles. The average molecular weight is 628 g/mol. The van der Waals surface area contributed by atoms with E-state index in [0.29, 0.717) is 23.9 Å². The zero-order chi connectivity index (χ0) is 32.7. The Kier molecular flexibility index (Phi) is 10.8. The number of carbonyl (C=O) groups is 6. The fourth-order valence-corrected chi connectivity index (χ4v) is 5.26. The molecule has 15 heteroatoms. The van der Waals surface area contributed by atoms with Crippen LogP contribution in [0.5, 0.6) is 5.75 Å². The number of nitrogens with one attached hydrogen (secondary N) is 1. The number of nitrogens with zero attached hydrogens (tertiary/aromatic N) is 4. The summed E-state index contributed by atoms with van der Waals surface area (Å²) in [5.41, 5.74) is 1.14. The number of likely N-dealkylation sites (tertiary alicyclic amines) is 1. The minimum Gasteiger partial charge on any atom is -0.483 e. The lowest BCUT2D eigenvalue weighted by molar-refractivity contribution is -0.142. The molecule has 3 N–H and O–H groups in total. The summed E-state index contributed by atoms with van der Waals surface area (Å²) >= 11 is 0. The van der Waals surface area contributed by atoms with E-state index in [4.69, 9.17) is 9.47 Å². The third kappa shape index (κ3) is 8.37. The van der Waals surface area contributed by atoms with E-state index in [1.165, 1.54) is 20.8 Å². The molecule has 1 aromatic carbocycles. The number of rotatable bonds is 11. The standard InChI is InChI=1S/C30H37N5O10/c1-3-44-30(43)34-12-10-33(11-13-34)28(40)21(6-7-26(37)38)32-27(39)23-15-24(20-5-4-18(2)14-22(20)31-23)45-17-25(36)35-9-8-19(16-35)29(41)42/h4-5,14-15,19,21H,3,6-13,16-17H2,1-2H3,(H,32,39)(H,37,38)(H,41,42)/t19?,21-/m0/s1. The third-order valence-corrected chi connectivity index (χ3v) is 7.77. The number of benzene rings is 1. The van der Waals surface area contributed by atoms with E-state index in [1.54, 1.807) is 19.1 Å². The van der Waals surface area contributed by atoms with E-state index in [0.717, 1.165) is 5.56 Å². The molecule has 2 saturated heterocycles. The maximum Gasteiger partial charge on any atom is 0.409 e. The van der Waals surface area contributed by atoms with Crippen LogP contribution in [0.15, 0.2) is 24.3 Å². The smallest absolute Gasteiger partial charge is 0.409 e. The molecular weight excluding hydrogens is 590 g/mol. The van der Waals surface area contributed by atoms with Crippen LogP contribution in [-0.4, -0.2) is 124 Å². The molecule has 242 valence electrons. The summed E-state index contributed by atoms with van der Waals surface area (Å²) in [6.45, 7) is 4.56. The van der Waals surface area contributed by atoms with Gasteiger partial charge in [-0.3, -0.25) is 24.0 Å². The van der Waals surface area contributed by atoms with Crippen molar-refractivity contribution < 1.29 is 48.5 Å². The van der Waals surface area contributed by atoms with Gasteiger partial charge in [-0.2, -0.15) is 0 Å². The Morgan fingerprint density at radius 3 is 2.36 bits per heavy atom. The van der Waals surface area contributed by atoms with Gasteiger partial charge in [-0.15, -0.1) is 0 Å². The number of carboxylic acids is 2. The molecule has 2 aromatic rings. The van der Waals surface area contributed by atoms with E-state index >= 15 is 0 Å². The van der Waals surface area contributed by atoms with E-state index in [-0.39, 0.29) is 63.6 Å². The number of aromatic nitrogens is 1. The molecule has 0 bridgehead atoms. The largest absolute Gasteiger partial charge is 0.483 e. The van der Waals surface area contributed by atoms with Gasteiger partial charge >= 0.3 is 18.0 Å². The maximum atomic E-state index is 13.5. The molecule has 2 aliphatic rings. The van der Waals surface area contributed by atoms with Crippen molar-refractivity contribution in [2.24, 2.45) is 5.92 Å². The lowest BCUT2D eigenvalue weighted by Crippen LogP contribution is -2.56. The summed E-state index contributed by atoms with van der Waals surface area (Å²) in [5, 5.41) is 21.7. The van der Waals surface area contributed by atoms with Crippen molar-refractivity contribution in [3.05, 3.63) is 35.5 Å². The van der Waals surface area contributed by atoms with Gasteiger partial charge < -0.3 is 39.7 Å². The van der Waals surface area contributed by atoms with Crippen molar-refractivity contribution in [3.8, 4) is 5.75 Å². The Morgan fingerprint density at radius 2 is 1.71 bits per heavy atom. The van der Waals surface area contributed by atoms with Crippen LogP contribution in [0.2, 0.25) is 0 Å². The van der Waals surface area contributed by atoms with Crippen molar-refractivity contribution in [1.82, 2.24) is 25.0 Å². The molecule has 4 amide bonds. The van der Waals surface area contributed by atoms with E-state index < -0.39 is 54.3 Å². The Bertz CT molecular complexity index is 1470. The topological polar surface area (TPSA) is 196 Å². The molecule has 0 saturated carbocycles. The van der Waals surface area contributed by atoms with E-state index in [2.05, 4.69) is 10.3 Å². The minimum absolute atomic E-state index is 0.0884. The SMILES string of the molecule is CCOC(=O)N1CCN(C(=O)[C@H](CCC(=O)O)NC(=O)c2cc(OCC(=O)N3CCC(C(=O)O)C3)c3ccc(C)cc3n2)CC1. The molecule has 15 nitrogen and oxygen atoms in total. The Labute approximate surface area is 259 Å². The summed E-state index contributed by atoms with van der Waals surface area (Å²) in [5.74, 6) is -4.17. The van der Waals surface area contributed by atoms with Crippen molar-refractivity contribution in [2.75, 3.05) is 52.5 Å². The minimum atomic E-state index is -1.18. The number of aliphatic carboxylic acids is 2. The zero-order valence-corrected chi connectivity index (χ0v) is 25.2. The van der Waals surface area contributed by atoms with Crippen molar-refractivity contribution >= 4 is 46.7 Å². The summed E-state index contributed by atoms with van der Waals surface area (Å²) in [6, 6.07) is 5.46. The van der Waals surface area contributed by atoms with Crippen LogP contribution >= 0.6 is 0 Å². The number of piperazine rings is 1. The van der Waals surface area contributed by atoms with E-state index in [9.17, 15) is 39.0 Å². The highest BCUT2D eigenvalue weighted by atomic mass is 16.6. The first-order valence-electron chi connectivity index (χ1n) is 14.7. The molecule has 45 heavy (non-hydrogen) atoms. The van der Waals surface area contributed by atoms with Gasteiger partial charge in [0, 0.05) is 57.1 Å². The summed E-state index contributed by atoms with van der Waals surface area (Å²) < 4.78 is 10.8. The quantitative estimate of drug-likeness (QED) is 0.323. The molecule has 1 unspecified atom stereocenters. The van der Waals surface area contributed by atoms with Gasteiger partial charge in [0.25, 0.3) is 11.8 Å². The molecule has 4 rings (SSSR count). The maximum absolute atomic E-state index is 13.5. The number of hydrogen-bond donors (Lipinski definition) is 3. The third-order valence-electron chi connectivity index (χ3n) is 7.77. The van der Waals surface area contributed by atoms with Gasteiger partial charge in [-0.05, 0) is 44.4 Å². The molecule has 2 atom stereocenters. The predicted octanol–water partition coefficient (Wildman–Crippen LogP) is 1.12. The summed E-state index contributed by atoms with van der Waals surface area (Å²) in [6.07, 6.45) is -0.677. The normalized spacial score (nSPS) is 17.1. The Balaban J connectivity index is 1.50.